The zero-order valence-electron chi connectivity index (χ0n) is 21.9. The fraction of sp³-hybridized carbons (Fsp3) is 0.519. The van der Waals surface area contributed by atoms with Gasteiger partial charge in [-0.15, -0.1) is 0 Å². The van der Waals surface area contributed by atoms with Crippen LogP contribution in [0.4, 0.5) is 0 Å². The zero-order chi connectivity index (χ0) is 25.4. The van der Waals surface area contributed by atoms with E-state index in [1.165, 1.54) is 12.2 Å². The highest BCUT2D eigenvalue weighted by molar-refractivity contribution is 7.56. The van der Waals surface area contributed by atoms with Crippen molar-refractivity contribution >= 4 is 21.9 Å². The molecule has 2 aromatic rings. The van der Waals surface area contributed by atoms with Gasteiger partial charge in [0.2, 0.25) is 15.7 Å². The summed E-state index contributed by atoms with van der Waals surface area (Å²) < 4.78 is 20.0. The summed E-state index contributed by atoms with van der Waals surface area (Å²) in [7, 11) is -2.11. The third-order valence-electron chi connectivity index (χ3n) is 6.51. The van der Waals surface area contributed by atoms with Gasteiger partial charge in [0.25, 0.3) is 0 Å². The summed E-state index contributed by atoms with van der Waals surface area (Å²) in [6, 6.07) is 16.2. The minimum atomic E-state index is -3.09. The lowest BCUT2D eigenvalue weighted by Gasteiger charge is -2.30. The predicted octanol–water partition coefficient (Wildman–Crippen LogP) is 8.01. The second kappa shape index (κ2) is 12.9. The maximum absolute atomic E-state index is 11.7. The number of nitrogens with zero attached hydrogens (tertiary/aromatic N) is 2. The Morgan fingerprint density at radius 1 is 1.12 bits per heavy atom. The average Bonchev–Trinajstić information content (AvgIpc) is 2.81. The van der Waals surface area contributed by atoms with Gasteiger partial charge in [-0.05, 0) is 53.5 Å². The first-order valence-corrected chi connectivity index (χ1v) is 15.8. The van der Waals surface area contributed by atoms with E-state index < -0.39 is 15.7 Å². The van der Waals surface area contributed by atoms with Crippen LogP contribution < -0.4 is 4.52 Å². The summed E-state index contributed by atoms with van der Waals surface area (Å²) in [5, 5.41) is 4.73. The Labute approximate surface area is 208 Å². The molecule has 0 heterocycles. The largest absolute Gasteiger partial charge is 0.451 e. The molecule has 0 aliphatic rings. The molecule has 5 nitrogen and oxygen atoms in total. The van der Waals surface area contributed by atoms with Crippen molar-refractivity contribution in [2.24, 2.45) is 5.10 Å². The fourth-order valence-corrected chi connectivity index (χ4v) is 6.62. The topological polar surface area (TPSA) is 62.1 Å². The molecule has 0 saturated carbocycles. The maximum atomic E-state index is 11.7. The lowest BCUT2D eigenvalue weighted by molar-refractivity contribution is 0.439. The zero-order valence-corrected chi connectivity index (χ0v) is 23.7. The smallest absolute Gasteiger partial charge is 0.210 e. The van der Waals surface area contributed by atoms with Crippen LogP contribution in [0.2, 0.25) is 0 Å². The Bertz CT molecular complexity index is 951. The molecule has 0 spiro atoms. The molecule has 7 heteroatoms. The summed E-state index contributed by atoms with van der Waals surface area (Å²) >= 11 is 0. The Morgan fingerprint density at radius 3 is 2.21 bits per heavy atom. The van der Waals surface area contributed by atoms with Crippen LogP contribution in [-0.2, 0) is 16.1 Å². The van der Waals surface area contributed by atoms with Crippen LogP contribution in [0.25, 0.3) is 0 Å². The Kier molecular flexibility index (Phi) is 10.8. The molecule has 2 rings (SSSR count). The molecular weight excluding hydrogens is 462 g/mol. The van der Waals surface area contributed by atoms with E-state index in [1.807, 2.05) is 42.3 Å². The molecule has 3 atom stereocenters. The van der Waals surface area contributed by atoms with Crippen molar-refractivity contribution in [1.82, 2.24) is 4.78 Å². The molecule has 0 fully saturated rings. The van der Waals surface area contributed by atoms with E-state index in [2.05, 4.69) is 58.9 Å². The van der Waals surface area contributed by atoms with Gasteiger partial charge in [-0.25, -0.2) is 4.78 Å². The van der Waals surface area contributed by atoms with Gasteiger partial charge < -0.3 is 9.42 Å². The minimum absolute atomic E-state index is 0.174. The molecule has 34 heavy (non-hydrogen) atoms. The van der Waals surface area contributed by atoms with Gasteiger partial charge >= 0.3 is 0 Å². The first-order chi connectivity index (χ1) is 16.0. The van der Waals surface area contributed by atoms with Crippen molar-refractivity contribution in [3.05, 3.63) is 65.2 Å². The molecule has 0 radical (unpaired) electrons. The van der Waals surface area contributed by atoms with E-state index in [-0.39, 0.29) is 11.6 Å². The van der Waals surface area contributed by atoms with Crippen molar-refractivity contribution in [3.8, 4) is 5.75 Å². The molecule has 3 unspecified atom stereocenters. The number of rotatable bonds is 13. The highest BCUT2D eigenvalue weighted by Gasteiger charge is 2.25. The average molecular weight is 505 g/mol. The Hall–Kier alpha value is -1.67. The van der Waals surface area contributed by atoms with E-state index in [1.54, 1.807) is 0 Å². The van der Waals surface area contributed by atoms with Crippen LogP contribution >= 0.6 is 15.7 Å². The van der Waals surface area contributed by atoms with Crippen molar-refractivity contribution in [3.63, 3.8) is 0 Å². The molecule has 0 bridgehead atoms. The maximum Gasteiger partial charge on any atom is 0.210 e. The summed E-state index contributed by atoms with van der Waals surface area (Å²) in [6.07, 6.45) is 6.45. The van der Waals surface area contributed by atoms with Crippen LogP contribution in [0.15, 0.2) is 53.6 Å². The molecule has 188 valence electrons. The highest BCUT2D eigenvalue weighted by Crippen LogP contribution is 2.48. The molecule has 0 aliphatic carbocycles. The third kappa shape index (κ3) is 8.52. The first-order valence-electron chi connectivity index (χ1n) is 12.2. The normalized spacial score (nSPS) is 15.6. The summed E-state index contributed by atoms with van der Waals surface area (Å²) in [4.78, 5) is 9.63. The molecule has 0 amide bonds. The van der Waals surface area contributed by atoms with Gasteiger partial charge in [0.15, 0.2) is 0 Å². The number of hydrogen-bond donors (Lipinski definition) is 1. The van der Waals surface area contributed by atoms with Crippen molar-refractivity contribution in [1.29, 1.82) is 0 Å². The monoisotopic (exact) mass is 504 g/mol. The molecular formula is C27H42N2O3P2. The Balaban J connectivity index is 2.14. The van der Waals surface area contributed by atoms with Crippen molar-refractivity contribution < 1.29 is 14.0 Å². The number of benzene rings is 2. The van der Waals surface area contributed by atoms with Crippen molar-refractivity contribution in [2.45, 2.75) is 77.5 Å². The van der Waals surface area contributed by atoms with Gasteiger partial charge in [0, 0.05) is 25.5 Å². The SMILES string of the molecule is CCCC(C)P(Oc1ccc(CP(C)(=O)O)cc1)N(C)N=Cc1ccc(C(C)(CC)CC)cc1. The summed E-state index contributed by atoms with van der Waals surface area (Å²) in [6.45, 7) is 12.6. The van der Waals surface area contributed by atoms with Crippen molar-refractivity contribution in [2.75, 3.05) is 13.7 Å². The lowest BCUT2D eigenvalue weighted by Crippen LogP contribution is -2.19. The summed E-state index contributed by atoms with van der Waals surface area (Å²) in [5.74, 6) is 0.756. The van der Waals surface area contributed by atoms with Crippen LogP contribution in [0, 0.1) is 0 Å². The fourth-order valence-electron chi connectivity index (χ4n) is 3.90. The second-order valence-electron chi connectivity index (χ2n) is 9.51. The molecule has 0 saturated heterocycles. The van der Waals surface area contributed by atoms with Gasteiger partial charge in [-0.1, -0.05) is 77.4 Å². The number of hydrazone groups is 1. The first kappa shape index (κ1) is 28.6. The predicted molar refractivity (Wildman–Crippen MR) is 148 cm³/mol. The number of hydrogen-bond acceptors (Lipinski definition) is 4. The highest BCUT2D eigenvalue weighted by atomic mass is 31.2. The van der Waals surface area contributed by atoms with Crippen LogP contribution in [0.5, 0.6) is 5.75 Å². The molecule has 0 aliphatic heterocycles. The molecule has 1 N–H and O–H groups in total. The van der Waals surface area contributed by atoms with E-state index in [0.717, 1.165) is 42.6 Å². The molecule has 0 aromatic heterocycles. The van der Waals surface area contributed by atoms with Gasteiger partial charge in [-0.3, -0.25) is 4.57 Å². The third-order valence-corrected chi connectivity index (χ3v) is 9.55. The van der Waals surface area contributed by atoms with E-state index in [9.17, 15) is 9.46 Å². The van der Waals surface area contributed by atoms with Crippen LogP contribution in [0.3, 0.4) is 0 Å². The van der Waals surface area contributed by atoms with Gasteiger partial charge in [0.1, 0.15) is 5.75 Å². The molecule has 2 aromatic carbocycles. The second-order valence-corrected chi connectivity index (χ2v) is 14.2. The van der Waals surface area contributed by atoms with Gasteiger partial charge in [0.05, 0.1) is 6.21 Å². The van der Waals surface area contributed by atoms with Gasteiger partial charge in [-0.2, -0.15) is 5.10 Å². The minimum Gasteiger partial charge on any atom is -0.451 e. The standard InChI is InChI=1S/C27H42N2O3P2/c1-8-11-22(4)33(32-26-18-14-24(15-19-26)21-34(7,30)31)29(6)28-20-23-12-16-25(17-13-23)27(5,9-2)10-3/h12-20,22H,8-11,21H2,1-7H3,(H,30,31). The van der Waals surface area contributed by atoms with E-state index >= 15 is 0 Å². The summed E-state index contributed by atoms with van der Waals surface area (Å²) in [5.41, 5.74) is 3.83. The van der Waals surface area contributed by atoms with E-state index in [0.29, 0.717) is 5.66 Å². The quantitative estimate of drug-likeness (QED) is 0.170. The van der Waals surface area contributed by atoms with Crippen LogP contribution in [-0.4, -0.2) is 35.3 Å². The van der Waals surface area contributed by atoms with Crippen LogP contribution in [0.1, 0.15) is 77.0 Å². The Morgan fingerprint density at radius 2 is 1.71 bits per heavy atom. The van der Waals surface area contributed by atoms with E-state index in [4.69, 9.17) is 9.63 Å². The lowest BCUT2D eigenvalue weighted by atomic mass is 9.78.